The lowest BCUT2D eigenvalue weighted by molar-refractivity contribution is -0.123. The maximum atomic E-state index is 12.2. The molecule has 0 bridgehead atoms. The Balaban J connectivity index is 1.39. The van der Waals surface area contributed by atoms with Crippen molar-refractivity contribution in [3.63, 3.8) is 0 Å². The number of aromatic nitrogens is 3. The van der Waals surface area contributed by atoms with E-state index in [1.807, 2.05) is 36.4 Å². The van der Waals surface area contributed by atoms with Crippen LogP contribution in [0.2, 0.25) is 0 Å². The van der Waals surface area contributed by atoms with Gasteiger partial charge in [0.25, 0.3) is 5.91 Å². The van der Waals surface area contributed by atoms with E-state index in [1.165, 1.54) is 12.8 Å². The predicted molar refractivity (Wildman–Crippen MR) is 113 cm³/mol. The van der Waals surface area contributed by atoms with E-state index in [9.17, 15) is 4.79 Å². The van der Waals surface area contributed by atoms with Crippen molar-refractivity contribution in [2.24, 2.45) is 0 Å². The Morgan fingerprint density at radius 2 is 1.97 bits per heavy atom. The van der Waals surface area contributed by atoms with Crippen molar-refractivity contribution in [3.8, 4) is 22.9 Å². The number of nitrogens with zero attached hydrogens (tertiary/aromatic N) is 3. The largest absolute Gasteiger partial charge is 0.497 e. The number of amides is 1. The quantitative estimate of drug-likeness (QED) is 0.616. The molecule has 0 spiro atoms. The SMILES string of the molecule is COc1cccc(OCC(=O)NCc2cc(-c3ccccn3)n(C3CCCC3)n2)c1. The van der Waals surface area contributed by atoms with Crippen LogP contribution in [0.4, 0.5) is 0 Å². The Bertz CT molecular complexity index is 981. The average Bonchev–Trinajstić information content (AvgIpc) is 3.47. The Hall–Kier alpha value is -3.35. The fourth-order valence-corrected chi connectivity index (χ4v) is 3.74. The van der Waals surface area contributed by atoms with E-state index in [2.05, 4.69) is 15.0 Å². The molecule has 0 saturated heterocycles. The lowest BCUT2D eigenvalue weighted by Gasteiger charge is -2.13. The molecule has 4 rings (SSSR count). The first-order valence-electron chi connectivity index (χ1n) is 10.3. The van der Waals surface area contributed by atoms with E-state index in [0.29, 0.717) is 24.1 Å². The highest BCUT2D eigenvalue weighted by Crippen LogP contribution is 2.33. The van der Waals surface area contributed by atoms with Gasteiger partial charge in [-0.1, -0.05) is 25.0 Å². The van der Waals surface area contributed by atoms with Crippen molar-refractivity contribution in [3.05, 3.63) is 60.4 Å². The second-order valence-electron chi connectivity index (χ2n) is 7.36. The van der Waals surface area contributed by atoms with Gasteiger partial charge in [-0.3, -0.25) is 14.5 Å². The van der Waals surface area contributed by atoms with Crippen LogP contribution in [0.25, 0.3) is 11.4 Å². The molecular weight excluding hydrogens is 380 g/mol. The van der Waals surface area contributed by atoms with Gasteiger partial charge in [0.1, 0.15) is 11.5 Å². The number of carbonyl (C=O) groups is 1. The van der Waals surface area contributed by atoms with E-state index >= 15 is 0 Å². The molecule has 0 atom stereocenters. The second kappa shape index (κ2) is 9.43. The standard InChI is InChI=1S/C23H26N4O3/c1-29-19-9-6-10-20(14-19)30-16-23(28)25-15-17-13-22(21-11-4-5-12-24-21)27(26-17)18-7-2-3-8-18/h4-6,9-14,18H,2-3,7-8,15-16H2,1H3,(H,25,28). The van der Waals surface area contributed by atoms with Crippen LogP contribution in [0.1, 0.15) is 37.4 Å². The third-order valence-corrected chi connectivity index (χ3v) is 5.26. The van der Waals surface area contributed by atoms with Gasteiger partial charge in [-0.2, -0.15) is 5.10 Å². The van der Waals surface area contributed by atoms with Crippen molar-refractivity contribution in [2.45, 2.75) is 38.3 Å². The molecule has 2 aromatic heterocycles. The molecule has 0 unspecified atom stereocenters. The molecule has 1 saturated carbocycles. The number of ether oxygens (including phenoxy) is 2. The highest BCUT2D eigenvalue weighted by molar-refractivity contribution is 5.77. The number of methoxy groups -OCH3 is 1. The van der Waals surface area contributed by atoms with E-state index < -0.39 is 0 Å². The highest BCUT2D eigenvalue weighted by Gasteiger charge is 2.22. The lowest BCUT2D eigenvalue weighted by atomic mass is 10.2. The summed E-state index contributed by atoms with van der Waals surface area (Å²) in [7, 11) is 1.59. The summed E-state index contributed by atoms with van der Waals surface area (Å²) >= 11 is 0. The molecule has 1 aliphatic carbocycles. The van der Waals surface area contributed by atoms with E-state index in [1.54, 1.807) is 25.4 Å². The first-order valence-corrected chi connectivity index (χ1v) is 10.3. The Morgan fingerprint density at radius 1 is 1.13 bits per heavy atom. The van der Waals surface area contributed by atoms with E-state index in [4.69, 9.17) is 14.6 Å². The number of rotatable bonds is 8. The monoisotopic (exact) mass is 406 g/mol. The predicted octanol–water partition coefficient (Wildman–Crippen LogP) is 3.76. The normalized spacial score (nSPS) is 13.9. The average molecular weight is 406 g/mol. The molecule has 1 aliphatic rings. The number of pyridine rings is 1. The van der Waals surface area contributed by atoms with Crippen LogP contribution in [0.3, 0.4) is 0 Å². The van der Waals surface area contributed by atoms with Gasteiger partial charge in [-0.15, -0.1) is 0 Å². The molecule has 0 radical (unpaired) electrons. The zero-order chi connectivity index (χ0) is 20.8. The van der Waals surface area contributed by atoms with Crippen LogP contribution < -0.4 is 14.8 Å². The van der Waals surface area contributed by atoms with Crippen LogP contribution in [-0.2, 0) is 11.3 Å². The molecule has 1 amide bonds. The van der Waals surface area contributed by atoms with E-state index in [0.717, 1.165) is 29.9 Å². The van der Waals surface area contributed by atoms with Gasteiger partial charge in [0.15, 0.2) is 6.61 Å². The summed E-state index contributed by atoms with van der Waals surface area (Å²) < 4.78 is 12.8. The van der Waals surface area contributed by atoms with Gasteiger partial charge >= 0.3 is 0 Å². The van der Waals surface area contributed by atoms with Crippen molar-refractivity contribution < 1.29 is 14.3 Å². The minimum atomic E-state index is -0.201. The maximum absolute atomic E-state index is 12.2. The summed E-state index contributed by atoms with van der Waals surface area (Å²) in [6.07, 6.45) is 6.49. The molecule has 30 heavy (non-hydrogen) atoms. The van der Waals surface area contributed by atoms with Crippen molar-refractivity contribution in [2.75, 3.05) is 13.7 Å². The van der Waals surface area contributed by atoms with Crippen molar-refractivity contribution in [1.29, 1.82) is 0 Å². The Kier molecular flexibility index (Phi) is 6.27. The van der Waals surface area contributed by atoms with E-state index in [-0.39, 0.29) is 12.5 Å². The Labute approximate surface area is 176 Å². The molecule has 1 N–H and O–H groups in total. The van der Waals surface area contributed by atoms with Gasteiger partial charge in [0.05, 0.1) is 36.8 Å². The van der Waals surface area contributed by atoms with Gasteiger partial charge in [0, 0.05) is 12.3 Å². The fraction of sp³-hybridized carbons (Fsp3) is 0.348. The molecule has 0 aliphatic heterocycles. The lowest BCUT2D eigenvalue weighted by Crippen LogP contribution is -2.28. The van der Waals surface area contributed by atoms with Crippen LogP contribution in [-0.4, -0.2) is 34.4 Å². The van der Waals surface area contributed by atoms with Gasteiger partial charge < -0.3 is 14.8 Å². The smallest absolute Gasteiger partial charge is 0.258 e. The van der Waals surface area contributed by atoms with Gasteiger partial charge in [-0.05, 0) is 43.2 Å². The first-order chi connectivity index (χ1) is 14.7. The van der Waals surface area contributed by atoms with Crippen molar-refractivity contribution >= 4 is 5.91 Å². The molecule has 156 valence electrons. The molecule has 2 heterocycles. The zero-order valence-corrected chi connectivity index (χ0v) is 17.1. The molecule has 7 heteroatoms. The summed E-state index contributed by atoms with van der Waals surface area (Å²) in [4.78, 5) is 16.7. The molecule has 7 nitrogen and oxygen atoms in total. The van der Waals surface area contributed by atoms with Crippen LogP contribution in [0, 0.1) is 0 Å². The summed E-state index contributed by atoms with van der Waals surface area (Å²) in [5, 5.41) is 7.68. The maximum Gasteiger partial charge on any atom is 0.258 e. The summed E-state index contributed by atoms with van der Waals surface area (Å²) in [5.74, 6) is 1.08. The highest BCUT2D eigenvalue weighted by atomic mass is 16.5. The van der Waals surface area contributed by atoms with Crippen LogP contribution in [0.15, 0.2) is 54.7 Å². The summed E-state index contributed by atoms with van der Waals surface area (Å²) in [6, 6.07) is 15.5. The third kappa shape index (κ3) is 4.79. The fourth-order valence-electron chi connectivity index (χ4n) is 3.74. The first kappa shape index (κ1) is 19.9. The molecule has 1 aromatic carbocycles. The number of nitrogens with one attached hydrogen (secondary N) is 1. The minimum Gasteiger partial charge on any atom is -0.497 e. The van der Waals surface area contributed by atoms with Crippen LogP contribution in [0.5, 0.6) is 11.5 Å². The Morgan fingerprint density at radius 3 is 2.73 bits per heavy atom. The number of carbonyl (C=O) groups excluding carboxylic acids is 1. The summed E-state index contributed by atoms with van der Waals surface area (Å²) in [6.45, 7) is 0.281. The molecule has 1 fully saturated rings. The third-order valence-electron chi connectivity index (χ3n) is 5.26. The molecule has 3 aromatic rings. The number of benzene rings is 1. The topological polar surface area (TPSA) is 78.3 Å². The minimum absolute atomic E-state index is 0.0659. The van der Waals surface area contributed by atoms with Gasteiger partial charge in [0.2, 0.25) is 0 Å². The molecular formula is C23H26N4O3. The number of hydrogen-bond acceptors (Lipinski definition) is 5. The second-order valence-corrected chi connectivity index (χ2v) is 7.36. The number of hydrogen-bond donors (Lipinski definition) is 1. The van der Waals surface area contributed by atoms with Crippen LogP contribution >= 0.6 is 0 Å². The van der Waals surface area contributed by atoms with Crippen molar-refractivity contribution in [1.82, 2.24) is 20.1 Å². The summed E-state index contributed by atoms with van der Waals surface area (Å²) in [5.41, 5.74) is 2.72. The zero-order valence-electron chi connectivity index (χ0n) is 17.1. The van der Waals surface area contributed by atoms with Gasteiger partial charge in [-0.25, -0.2) is 0 Å².